The maximum absolute atomic E-state index is 11.6. The Balaban J connectivity index is 2.28. The molecule has 2 nitrogen and oxygen atoms in total. The Morgan fingerprint density at radius 3 is 1.42 bits per heavy atom. The molecule has 1 atom stereocenters. The van der Waals surface area contributed by atoms with Crippen LogP contribution in [0.1, 0.15) is 43.6 Å². The third kappa shape index (κ3) is 3.72. The van der Waals surface area contributed by atoms with E-state index in [0.29, 0.717) is 0 Å². The van der Waals surface area contributed by atoms with Gasteiger partial charge in [-0.2, -0.15) is 0 Å². The van der Waals surface area contributed by atoms with Gasteiger partial charge in [-0.25, -0.2) is 0 Å². The summed E-state index contributed by atoms with van der Waals surface area (Å²) in [5, 5.41) is 11.6. The van der Waals surface area contributed by atoms with E-state index in [1.165, 1.54) is 0 Å². The molecular formula is C24H26O2. The zero-order valence-electron chi connectivity index (χ0n) is 15.6. The van der Waals surface area contributed by atoms with Crippen LogP contribution in [0.5, 0.6) is 0 Å². The van der Waals surface area contributed by atoms with E-state index in [1.54, 1.807) is 0 Å². The minimum absolute atomic E-state index is 0.457. The first-order valence-corrected chi connectivity index (χ1v) is 8.98. The maximum atomic E-state index is 11.6. The van der Waals surface area contributed by atoms with Gasteiger partial charge in [0.05, 0.1) is 5.60 Å². The van der Waals surface area contributed by atoms with Gasteiger partial charge in [0.15, 0.2) is 0 Å². The molecule has 0 radical (unpaired) electrons. The van der Waals surface area contributed by atoms with Crippen LogP contribution >= 0.6 is 0 Å². The van der Waals surface area contributed by atoms with Crippen LogP contribution in [0.3, 0.4) is 0 Å². The quantitative estimate of drug-likeness (QED) is 0.663. The van der Waals surface area contributed by atoms with E-state index in [2.05, 4.69) is 0 Å². The van der Waals surface area contributed by atoms with Crippen molar-refractivity contribution in [2.24, 2.45) is 0 Å². The first-order chi connectivity index (χ1) is 12.4. The van der Waals surface area contributed by atoms with Gasteiger partial charge in [0.1, 0.15) is 11.7 Å². The van der Waals surface area contributed by atoms with E-state index in [-0.39, 0.29) is 0 Å². The van der Waals surface area contributed by atoms with E-state index >= 15 is 0 Å². The number of ether oxygens (including phenoxy) is 1. The molecule has 3 aromatic carbocycles. The first kappa shape index (κ1) is 18.4. The van der Waals surface area contributed by atoms with Gasteiger partial charge in [-0.1, -0.05) is 91.0 Å². The Morgan fingerprint density at radius 1 is 0.654 bits per heavy atom. The molecule has 0 aliphatic rings. The predicted molar refractivity (Wildman–Crippen MR) is 106 cm³/mol. The van der Waals surface area contributed by atoms with Gasteiger partial charge in [-0.05, 0) is 37.5 Å². The molecule has 0 heterocycles. The van der Waals surface area contributed by atoms with Gasteiger partial charge in [0.2, 0.25) is 0 Å². The zero-order valence-corrected chi connectivity index (χ0v) is 15.6. The van der Waals surface area contributed by atoms with Gasteiger partial charge < -0.3 is 9.84 Å². The second-order valence-corrected chi connectivity index (χ2v) is 7.50. The number of aliphatic hydroxyl groups excluding tert-OH is 1. The summed E-state index contributed by atoms with van der Waals surface area (Å²) < 4.78 is 6.66. The lowest BCUT2D eigenvalue weighted by molar-refractivity contribution is -0.169. The van der Waals surface area contributed by atoms with E-state index < -0.39 is 17.3 Å². The number of rotatable bonds is 5. The molecule has 0 aromatic heterocycles. The van der Waals surface area contributed by atoms with Crippen LogP contribution in [0.25, 0.3) is 0 Å². The van der Waals surface area contributed by atoms with Crippen LogP contribution in [0, 0.1) is 0 Å². The molecule has 134 valence electrons. The number of hydrogen-bond acceptors (Lipinski definition) is 2. The van der Waals surface area contributed by atoms with Crippen LogP contribution in [0.4, 0.5) is 0 Å². The standard InChI is InChI=1S/C24H26O2/c1-23(2,3)26-24(20-15-9-5-10-16-20,21-17-11-6-12-18-21)22(25)19-13-7-4-8-14-19/h4-18,22,25H,1-3H3/t22-/m0/s1. The fraction of sp³-hybridized carbons (Fsp3) is 0.250. The molecule has 0 aliphatic carbocycles. The highest BCUT2D eigenvalue weighted by atomic mass is 16.5. The molecule has 26 heavy (non-hydrogen) atoms. The Kier molecular flexibility index (Phi) is 5.26. The molecule has 0 spiro atoms. The zero-order chi connectivity index (χ0) is 18.6. The Hall–Kier alpha value is -2.42. The van der Waals surface area contributed by atoms with Gasteiger partial charge in [-0.15, -0.1) is 0 Å². The van der Waals surface area contributed by atoms with Crippen molar-refractivity contribution in [1.29, 1.82) is 0 Å². The van der Waals surface area contributed by atoms with E-state index in [0.717, 1.165) is 16.7 Å². The second kappa shape index (κ2) is 7.45. The SMILES string of the molecule is CC(C)(C)OC(c1ccccc1)(c1ccccc1)[C@@H](O)c1ccccc1. The van der Waals surface area contributed by atoms with Crippen molar-refractivity contribution in [1.82, 2.24) is 0 Å². The van der Waals surface area contributed by atoms with Gasteiger partial charge >= 0.3 is 0 Å². The summed E-state index contributed by atoms with van der Waals surface area (Å²) in [4.78, 5) is 0. The van der Waals surface area contributed by atoms with E-state index in [1.807, 2.05) is 112 Å². The molecule has 0 fully saturated rings. The van der Waals surface area contributed by atoms with Crippen molar-refractivity contribution in [3.8, 4) is 0 Å². The van der Waals surface area contributed by atoms with Crippen molar-refractivity contribution >= 4 is 0 Å². The van der Waals surface area contributed by atoms with E-state index in [4.69, 9.17) is 4.74 Å². The Bertz CT molecular complexity index is 766. The Morgan fingerprint density at radius 2 is 1.04 bits per heavy atom. The summed E-state index contributed by atoms with van der Waals surface area (Å²) >= 11 is 0. The minimum Gasteiger partial charge on any atom is -0.385 e. The van der Waals surface area contributed by atoms with Gasteiger partial charge in [-0.3, -0.25) is 0 Å². The van der Waals surface area contributed by atoms with Crippen molar-refractivity contribution in [3.05, 3.63) is 108 Å². The molecule has 0 amide bonds. The van der Waals surface area contributed by atoms with Crippen LogP contribution in [0.15, 0.2) is 91.0 Å². The summed E-state index contributed by atoms with van der Waals surface area (Å²) in [5.74, 6) is 0. The normalized spacial score (nSPS) is 13.4. The monoisotopic (exact) mass is 346 g/mol. The molecule has 3 aromatic rings. The molecule has 1 N–H and O–H groups in total. The average molecular weight is 346 g/mol. The van der Waals surface area contributed by atoms with Gasteiger partial charge in [0.25, 0.3) is 0 Å². The van der Waals surface area contributed by atoms with Crippen LogP contribution in [-0.4, -0.2) is 10.7 Å². The van der Waals surface area contributed by atoms with Crippen molar-refractivity contribution in [2.45, 2.75) is 38.1 Å². The molecule has 0 unspecified atom stereocenters. The fourth-order valence-electron chi connectivity index (χ4n) is 3.38. The highest BCUT2D eigenvalue weighted by Crippen LogP contribution is 2.46. The van der Waals surface area contributed by atoms with Crippen molar-refractivity contribution in [2.75, 3.05) is 0 Å². The number of hydrogen-bond donors (Lipinski definition) is 1. The lowest BCUT2D eigenvalue weighted by Gasteiger charge is -2.43. The van der Waals surface area contributed by atoms with Crippen LogP contribution in [0.2, 0.25) is 0 Å². The highest BCUT2D eigenvalue weighted by molar-refractivity contribution is 5.41. The Labute approximate surface area is 156 Å². The number of aliphatic hydroxyl groups is 1. The average Bonchev–Trinajstić information content (AvgIpc) is 2.67. The van der Waals surface area contributed by atoms with Crippen LogP contribution < -0.4 is 0 Å². The molecule has 3 rings (SSSR count). The minimum atomic E-state index is -1.01. The summed E-state index contributed by atoms with van der Waals surface area (Å²) in [7, 11) is 0. The molecule has 0 bridgehead atoms. The fourth-order valence-corrected chi connectivity index (χ4v) is 3.38. The third-order valence-corrected chi connectivity index (χ3v) is 4.37. The molecular weight excluding hydrogens is 320 g/mol. The van der Waals surface area contributed by atoms with Crippen LogP contribution in [-0.2, 0) is 10.3 Å². The lowest BCUT2D eigenvalue weighted by atomic mass is 9.78. The highest BCUT2D eigenvalue weighted by Gasteiger charge is 2.46. The predicted octanol–water partition coefficient (Wildman–Crippen LogP) is 5.48. The second-order valence-electron chi connectivity index (χ2n) is 7.50. The summed E-state index contributed by atoms with van der Waals surface area (Å²) in [5.41, 5.74) is 1.21. The summed E-state index contributed by atoms with van der Waals surface area (Å²) in [6, 6.07) is 29.7. The lowest BCUT2D eigenvalue weighted by Crippen LogP contribution is -2.43. The maximum Gasteiger partial charge on any atom is 0.149 e. The molecule has 0 aliphatic heterocycles. The van der Waals surface area contributed by atoms with Gasteiger partial charge in [0, 0.05) is 0 Å². The third-order valence-electron chi connectivity index (χ3n) is 4.37. The molecule has 0 saturated carbocycles. The molecule has 2 heteroatoms. The first-order valence-electron chi connectivity index (χ1n) is 8.98. The topological polar surface area (TPSA) is 29.5 Å². The van der Waals surface area contributed by atoms with Crippen molar-refractivity contribution < 1.29 is 9.84 Å². The van der Waals surface area contributed by atoms with E-state index in [9.17, 15) is 5.11 Å². The number of benzene rings is 3. The summed E-state index contributed by atoms with van der Waals surface area (Å²) in [6.07, 6.45) is -0.854. The largest absolute Gasteiger partial charge is 0.385 e. The smallest absolute Gasteiger partial charge is 0.149 e. The summed E-state index contributed by atoms with van der Waals surface area (Å²) in [6.45, 7) is 6.06. The van der Waals surface area contributed by atoms with Crippen molar-refractivity contribution in [3.63, 3.8) is 0 Å². The molecule has 0 saturated heterocycles.